The number of hydrogen-bond donors (Lipinski definition) is 2. The second kappa shape index (κ2) is 4.61. The monoisotopic (exact) mass is 269 g/mol. The molecule has 0 spiro atoms. The van der Waals surface area contributed by atoms with Crippen LogP contribution in [0.25, 0.3) is 0 Å². The number of hydrogen-bond acceptors (Lipinski definition) is 3. The van der Waals surface area contributed by atoms with E-state index >= 15 is 0 Å². The summed E-state index contributed by atoms with van der Waals surface area (Å²) in [6.45, 7) is 1.55. The van der Waals surface area contributed by atoms with Crippen LogP contribution < -0.4 is 10.6 Å². The van der Waals surface area contributed by atoms with Gasteiger partial charge in [0.15, 0.2) is 0 Å². The Labute approximate surface area is 96.6 Å². The van der Waals surface area contributed by atoms with E-state index in [2.05, 4.69) is 31.5 Å². The summed E-state index contributed by atoms with van der Waals surface area (Å²) in [4.78, 5) is 15.1. The number of anilines is 1. The number of nitrogens with zero attached hydrogens (tertiary/aromatic N) is 1. The highest BCUT2D eigenvalue weighted by molar-refractivity contribution is 9.10. The lowest BCUT2D eigenvalue weighted by Gasteiger charge is -2.09. The van der Waals surface area contributed by atoms with Crippen molar-refractivity contribution in [2.24, 2.45) is 5.92 Å². The van der Waals surface area contributed by atoms with Crippen LogP contribution in [0.2, 0.25) is 0 Å². The zero-order valence-corrected chi connectivity index (χ0v) is 9.75. The number of amides is 1. The zero-order valence-electron chi connectivity index (χ0n) is 8.16. The molecule has 2 rings (SSSR count). The first-order valence-electron chi connectivity index (χ1n) is 4.86. The molecule has 2 N–H and O–H groups in total. The smallest absolute Gasteiger partial charge is 0.220 e. The molecule has 1 aromatic heterocycles. The van der Waals surface area contributed by atoms with Crippen LogP contribution in [-0.4, -0.2) is 24.0 Å². The minimum absolute atomic E-state index is 0.144. The van der Waals surface area contributed by atoms with Gasteiger partial charge in [-0.3, -0.25) is 4.79 Å². The van der Waals surface area contributed by atoms with E-state index in [1.165, 1.54) is 0 Å². The topological polar surface area (TPSA) is 54.0 Å². The Balaban J connectivity index is 1.83. The van der Waals surface area contributed by atoms with E-state index in [-0.39, 0.29) is 5.91 Å². The van der Waals surface area contributed by atoms with E-state index in [0.717, 1.165) is 23.4 Å². The Kier molecular flexibility index (Phi) is 3.20. The first-order chi connectivity index (χ1) is 7.24. The number of nitrogens with one attached hydrogen (secondary N) is 2. The number of pyridine rings is 1. The molecule has 0 saturated carbocycles. The molecule has 0 aliphatic carbocycles. The highest BCUT2D eigenvalue weighted by atomic mass is 79.9. The maximum absolute atomic E-state index is 10.9. The number of carbonyl (C=O) groups excluding carboxylic acids is 1. The molecule has 80 valence electrons. The number of rotatable bonds is 3. The Hall–Kier alpha value is -1.10. The predicted molar refractivity (Wildman–Crippen MR) is 61.5 cm³/mol. The van der Waals surface area contributed by atoms with Gasteiger partial charge in [-0.25, -0.2) is 4.98 Å². The highest BCUT2D eigenvalue weighted by Gasteiger charge is 2.20. The lowest BCUT2D eigenvalue weighted by molar-refractivity contribution is -0.119. The summed E-state index contributed by atoms with van der Waals surface area (Å²) in [7, 11) is 0. The minimum Gasteiger partial charge on any atom is -0.370 e. The van der Waals surface area contributed by atoms with Crippen LogP contribution in [0.3, 0.4) is 0 Å². The van der Waals surface area contributed by atoms with Crippen molar-refractivity contribution in [2.75, 3.05) is 18.4 Å². The summed E-state index contributed by atoms with van der Waals surface area (Å²) in [5.41, 5.74) is 0. The van der Waals surface area contributed by atoms with Gasteiger partial charge in [-0.2, -0.15) is 0 Å². The van der Waals surface area contributed by atoms with Crippen molar-refractivity contribution in [3.8, 4) is 0 Å². The molecule has 15 heavy (non-hydrogen) atoms. The third-order valence-electron chi connectivity index (χ3n) is 2.36. The summed E-state index contributed by atoms with van der Waals surface area (Å²) >= 11 is 3.33. The van der Waals surface area contributed by atoms with Crippen LogP contribution in [0.4, 0.5) is 5.82 Å². The van der Waals surface area contributed by atoms with Crippen molar-refractivity contribution in [2.45, 2.75) is 6.42 Å². The third-order valence-corrected chi connectivity index (χ3v) is 2.83. The van der Waals surface area contributed by atoms with Gasteiger partial charge in [-0.05, 0) is 28.1 Å². The summed E-state index contributed by atoms with van der Waals surface area (Å²) in [5.74, 6) is 1.37. The van der Waals surface area contributed by atoms with Crippen LogP contribution >= 0.6 is 15.9 Å². The number of halogens is 1. The molecule has 0 aromatic carbocycles. The molecule has 4 nitrogen and oxygen atoms in total. The van der Waals surface area contributed by atoms with Crippen molar-refractivity contribution in [3.63, 3.8) is 0 Å². The van der Waals surface area contributed by atoms with E-state index in [1.807, 2.05) is 12.1 Å². The van der Waals surface area contributed by atoms with Gasteiger partial charge in [0.2, 0.25) is 5.91 Å². The Bertz CT molecular complexity index is 352. The highest BCUT2D eigenvalue weighted by Crippen LogP contribution is 2.13. The summed E-state index contributed by atoms with van der Waals surface area (Å²) in [5, 5.41) is 6.02. The van der Waals surface area contributed by atoms with Crippen molar-refractivity contribution < 1.29 is 4.79 Å². The molecule has 1 atom stereocenters. The largest absolute Gasteiger partial charge is 0.370 e. The molecule has 0 bridgehead atoms. The molecule has 0 radical (unpaired) electrons. The fourth-order valence-electron chi connectivity index (χ4n) is 1.54. The molecule has 1 unspecified atom stereocenters. The quantitative estimate of drug-likeness (QED) is 0.872. The van der Waals surface area contributed by atoms with Crippen molar-refractivity contribution >= 4 is 27.7 Å². The van der Waals surface area contributed by atoms with Gasteiger partial charge >= 0.3 is 0 Å². The first-order valence-corrected chi connectivity index (χ1v) is 5.65. The van der Waals surface area contributed by atoms with Crippen molar-refractivity contribution in [1.29, 1.82) is 0 Å². The van der Waals surface area contributed by atoms with Crippen LogP contribution in [0.1, 0.15) is 6.42 Å². The molecule has 5 heteroatoms. The van der Waals surface area contributed by atoms with Crippen LogP contribution in [0.5, 0.6) is 0 Å². The molecule has 1 fully saturated rings. The normalized spacial score (nSPS) is 20.1. The van der Waals surface area contributed by atoms with Gasteiger partial charge in [0.1, 0.15) is 5.82 Å². The first kappa shape index (κ1) is 10.4. The standard InChI is InChI=1S/C10H12BrN3O/c11-8-1-2-9(13-6-8)12-4-7-3-10(15)14-5-7/h1-2,6-7H,3-5H2,(H,12,13)(H,14,15). The lowest BCUT2D eigenvalue weighted by Crippen LogP contribution is -2.18. The van der Waals surface area contributed by atoms with Crippen LogP contribution in [-0.2, 0) is 4.79 Å². The predicted octanol–water partition coefficient (Wildman–Crippen LogP) is 1.39. The number of aromatic nitrogens is 1. The molecule has 1 aliphatic heterocycles. The average molecular weight is 270 g/mol. The second-order valence-corrected chi connectivity index (χ2v) is 4.53. The molecule has 1 aliphatic rings. The molecule has 1 aromatic rings. The van der Waals surface area contributed by atoms with Gasteiger partial charge in [-0.1, -0.05) is 0 Å². The fraction of sp³-hybridized carbons (Fsp3) is 0.400. The summed E-state index contributed by atoms with van der Waals surface area (Å²) in [6, 6.07) is 3.85. The third kappa shape index (κ3) is 2.92. The molecular weight excluding hydrogens is 258 g/mol. The van der Waals surface area contributed by atoms with Crippen LogP contribution in [0, 0.1) is 5.92 Å². The van der Waals surface area contributed by atoms with Gasteiger partial charge in [0.25, 0.3) is 0 Å². The molecular formula is C10H12BrN3O. The van der Waals surface area contributed by atoms with E-state index in [0.29, 0.717) is 12.3 Å². The van der Waals surface area contributed by atoms with Gasteiger partial charge in [0, 0.05) is 36.1 Å². The SMILES string of the molecule is O=C1CC(CNc2ccc(Br)cn2)CN1. The van der Waals surface area contributed by atoms with Crippen molar-refractivity contribution in [1.82, 2.24) is 10.3 Å². The van der Waals surface area contributed by atoms with E-state index in [4.69, 9.17) is 0 Å². The molecule has 1 amide bonds. The molecule has 1 saturated heterocycles. The van der Waals surface area contributed by atoms with E-state index in [1.54, 1.807) is 6.20 Å². The molecule has 2 heterocycles. The zero-order chi connectivity index (χ0) is 10.7. The van der Waals surface area contributed by atoms with Gasteiger partial charge in [0.05, 0.1) is 0 Å². The fourth-order valence-corrected chi connectivity index (χ4v) is 1.77. The second-order valence-electron chi connectivity index (χ2n) is 3.62. The Morgan fingerprint density at radius 3 is 3.07 bits per heavy atom. The van der Waals surface area contributed by atoms with E-state index in [9.17, 15) is 4.79 Å². The number of carbonyl (C=O) groups is 1. The maximum atomic E-state index is 10.9. The Morgan fingerprint density at radius 2 is 2.47 bits per heavy atom. The summed E-state index contributed by atoms with van der Waals surface area (Å²) < 4.78 is 0.964. The van der Waals surface area contributed by atoms with Crippen LogP contribution in [0.15, 0.2) is 22.8 Å². The minimum atomic E-state index is 0.144. The Morgan fingerprint density at radius 1 is 1.60 bits per heavy atom. The van der Waals surface area contributed by atoms with Gasteiger partial charge in [-0.15, -0.1) is 0 Å². The van der Waals surface area contributed by atoms with E-state index < -0.39 is 0 Å². The average Bonchev–Trinajstić information content (AvgIpc) is 2.64. The van der Waals surface area contributed by atoms with Gasteiger partial charge < -0.3 is 10.6 Å². The lowest BCUT2D eigenvalue weighted by atomic mass is 10.1. The van der Waals surface area contributed by atoms with Crippen molar-refractivity contribution in [3.05, 3.63) is 22.8 Å². The summed E-state index contributed by atoms with van der Waals surface area (Å²) in [6.07, 6.45) is 2.36. The maximum Gasteiger partial charge on any atom is 0.220 e.